The highest BCUT2D eigenvalue weighted by molar-refractivity contribution is 5.86. The van der Waals surface area contributed by atoms with E-state index in [1.807, 2.05) is 72.8 Å². The van der Waals surface area contributed by atoms with E-state index in [4.69, 9.17) is 4.74 Å². The number of amides is 2. The third-order valence-electron chi connectivity index (χ3n) is 6.53. The molecule has 0 saturated carbocycles. The average Bonchev–Trinajstić information content (AvgIpc) is 2.91. The molecule has 0 aliphatic carbocycles. The predicted octanol–water partition coefficient (Wildman–Crippen LogP) is 3.36. The lowest BCUT2D eigenvalue weighted by Gasteiger charge is -2.20. The Kier molecular flexibility index (Phi) is 11.9. The van der Waals surface area contributed by atoms with Crippen LogP contribution in [0.4, 0.5) is 0 Å². The van der Waals surface area contributed by atoms with Crippen LogP contribution in [0, 0.1) is 11.8 Å². The number of rotatable bonds is 8. The largest absolute Gasteiger partial charge is 0.464 e. The van der Waals surface area contributed by atoms with Crippen LogP contribution in [-0.4, -0.2) is 48.7 Å². The molecule has 1 aliphatic rings. The second-order valence-electron chi connectivity index (χ2n) is 9.52. The minimum Gasteiger partial charge on any atom is -0.464 e. The summed E-state index contributed by atoms with van der Waals surface area (Å²) < 4.78 is 5.48. The van der Waals surface area contributed by atoms with Crippen molar-refractivity contribution in [3.05, 3.63) is 83.9 Å². The van der Waals surface area contributed by atoms with Gasteiger partial charge in [0.2, 0.25) is 11.8 Å². The second-order valence-corrected chi connectivity index (χ2v) is 9.52. The number of carbonyl (C=O) groups is 3. The van der Waals surface area contributed by atoms with Crippen LogP contribution in [0.5, 0.6) is 0 Å². The Morgan fingerprint density at radius 1 is 1.00 bits per heavy atom. The number of nitrogens with one attached hydrogen (secondary N) is 2. The molecule has 0 spiro atoms. The van der Waals surface area contributed by atoms with Gasteiger partial charge in [-0.2, -0.15) is 0 Å². The minimum atomic E-state index is -0.545. The summed E-state index contributed by atoms with van der Waals surface area (Å²) in [5.41, 5.74) is 2.11. The van der Waals surface area contributed by atoms with Gasteiger partial charge in [-0.05, 0) is 49.7 Å². The first kappa shape index (κ1) is 28.1. The molecule has 0 aromatic heterocycles. The number of hydrogen-bond acceptors (Lipinski definition) is 5. The van der Waals surface area contributed by atoms with Crippen molar-refractivity contribution < 1.29 is 24.2 Å². The smallest absolute Gasteiger partial charge is 0.309 e. The van der Waals surface area contributed by atoms with E-state index in [1.54, 1.807) is 0 Å². The lowest BCUT2D eigenvalue weighted by molar-refractivity contribution is -0.149. The topological polar surface area (TPSA) is 105 Å². The van der Waals surface area contributed by atoms with Gasteiger partial charge in [0, 0.05) is 6.42 Å². The first-order valence-electron chi connectivity index (χ1n) is 13.1. The SMILES string of the molecule is O=C(CC1CC=CCCCC(Cc2ccccc2)C(=O)OCCNC1=O)NC(CO)Cc1ccccc1. The second kappa shape index (κ2) is 15.6. The summed E-state index contributed by atoms with van der Waals surface area (Å²) in [6.07, 6.45) is 7.89. The molecule has 3 unspecified atom stereocenters. The lowest BCUT2D eigenvalue weighted by atomic mass is 9.93. The zero-order chi connectivity index (χ0) is 26.3. The van der Waals surface area contributed by atoms with Gasteiger partial charge in [-0.15, -0.1) is 0 Å². The maximum atomic E-state index is 12.8. The van der Waals surface area contributed by atoms with E-state index in [0.717, 1.165) is 30.4 Å². The molecule has 37 heavy (non-hydrogen) atoms. The zero-order valence-electron chi connectivity index (χ0n) is 21.3. The molecule has 2 amide bonds. The van der Waals surface area contributed by atoms with Crippen LogP contribution in [-0.2, 0) is 32.0 Å². The van der Waals surface area contributed by atoms with Crippen LogP contribution in [0.3, 0.4) is 0 Å². The van der Waals surface area contributed by atoms with Crippen LogP contribution >= 0.6 is 0 Å². The summed E-state index contributed by atoms with van der Waals surface area (Å²) in [6, 6.07) is 19.1. The van der Waals surface area contributed by atoms with Crippen molar-refractivity contribution in [2.24, 2.45) is 11.8 Å². The van der Waals surface area contributed by atoms with Crippen LogP contribution in [0.25, 0.3) is 0 Å². The molecule has 3 rings (SSSR count). The zero-order valence-corrected chi connectivity index (χ0v) is 21.3. The van der Waals surface area contributed by atoms with Gasteiger partial charge in [0.25, 0.3) is 0 Å². The van der Waals surface area contributed by atoms with Crippen LogP contribution < -0.4 is 10.6 Å². The fourth-order valence-electron chi connectivity index (χ4n) is 4.50. The number of aliphatic hydroxyl groups is 1. The molecule has 0 saturated heterocycles. The molecule has 2 aromatic carbocycles. The molecule has 198 valence electrons. The van der Waals surface area contributed by atoms with Gasteiger partial charge in [0.05, 0.1) is 31.0 Å². The molecule has 2 aromatic rings. The molecule has 7 nitrogen and oxygen atoms in total. The van der Waals surface area contributed by atoms with Crippen molar-refractivity contribution in [1.29, 1.82) is 0 Å². The number of benzene rings is 2. The first-order chi connectivity index (χ1) is 18.0. The summed E-state index contributed by atoms with van der Waals surface area (Å²) in [7, 11) is 0. The first-order valence-corrected chi connectivity index (χ1v) is 13.1. The number of allylic oxidation sites excluding steroid dienone is 2. The highest BCUT2D eigenvalue weighted by Gasteiger charge is 2.24. The predicted molar refractivity (Wildman–Crippen MR) is 142 cm³/mol. The van der Waals surface area contributed by atoms with E-state index < -0.39 is 12.0 Å². The third kappa shape index (κ3) is 10.2. The van der Waals surface area contributed by atoms with Crippen molar-refractivity contribution >= 4 is 17.8 Å². The Labute approximate surface area is 219 Å². The summed E-state index contributed by atoms with van der Waals surface area (Å²) in [6.45, 7) is 0.0973. The fraction of sp³-hybridized carbons (Fsp3) is 0.433. The summed E-state index contributed by atoms with van der Waals surface area (Å²) in [4.78, 5) is 38.3. The van der Waals surface area contributed by atoms with Gasteiger partial charge in [0.15, 0.2) is 0 Å². The molecule has 1 heterocycles. The highest BCUT2D eigenvalue weighted by Crippen LogP contribution is 2.19. The molecular formula is C30H38N2O5. The standard InChI is InChI=1S/C30H38N2O5/c33-22-27(20-24-13-7-4-8-14-24)32-28(34)21-25-15-9-1-2-10-16-26(19-23-11-5-3-6-12-23)30(36)37-18-17-31-29(25)35/h1,3-9,11-14,25-27,33H,2,10,15-22H2,(H,31,35)(H,32,34). The minimum absolute atomic E-state index is 0.0143. The number of hydrogen-bond donors (Lipinski definition) is 3. The Bertz CT molecular complexity index is 1010. The van der Waals surface area contributed by atoms with E-state index in [0.29, 0.717) is 19.3 Å². The molecule has 0 radical (unpaired) electrons. The van der Waals surface area contributed by atoms with Crippen molar-refractivity contribution in [1.82, 2.24) is 10.6 Å². The van der Waals surface area contributed by atoms with Crippen molar-refractivity contribution in [3.63, 3.8) is 0 Å². The van der Waals surface area contributed by atoms with E-state index >= 15 is 0 Å². The Hall–Kier alpha value is -3.45. The summed E-state index contributed by atoms with van der Waals surface area (Å²) >= 11 is 0. The Morgan fingerprint density at radius 2 is 1.70 bits per heavy atom. The van der Waals surface area contributed by atoms with E-state index in [9.17, 15) is 19.5 Å². The number of aliphatic hydroxyl groups excluding tert-OH is 1. The van der Waals surface area contributed by atoms with Gasteiger partial charge >= 0.3 is 5.97 Å². The maximum absolute atomic E-state index is 12.8. The van der Waals surface area contributed by atoms with Crippen LogP contribution in [0.2, 0.25) is 0 Å². The van der Waals surface area contributed by atoms with Gasteiger partial charge in [-0.3, -0.25) is 14.4 Å². The quantitative estimate of drug-likeness (QED) is 0.376. The molecule has 1 aliphatic heterocycles. The van der Waals surface area contributed by atoms with Crippen molar-refractivity contribution in [3.8, 4) is 0 Å². The van der Waals surface area contributed by atoms with E-state index in [-0.39, 0.29) is 49.9 Å². The van der Waals surface area contributed by atoms with Gasteiger partial charge in [-0.1, -0.05) is 72.8 Å². The highest BCUT2D eigenvalue weighted by atomic mass is 16.5. The van der Waals surface area contributed by atoms with Crippen LogP contribution in [0.15, 0.2) is 72.8 Å². The van der Waals surface area contributed by atoms with E-state index in [2.05, 4.69) is 10.6 Å². The molecule has 0 fully saturated rings. The lowest BCUT2D eigenvalue weighted by Crippen LogP contribution is -2.42. The molecule has 3 N–H and O–H groups in total. The van der Waals surface area contributed by atoms with Gasteiger partial charge in [0.1, 0.15) is 6.61 Å². The van der Waals surface area contributed by atoms with Crippen LogP contribution in [0.1, 0.15) is 43.2 Å². The fourth-order valence-corrected chi connectivity index (χ4v) is 4.50. The maximum Gasteiger partial charge on any atom is 0.309 e. The average molecular weight is 507 g/mol. The molecular weight excluding hydrogens is 468 g/mol. The number of cyclic esters (lactones) is 1. The molecule has 7 heteroatoms. The molecule has 0 bridgehead atoms. The number of carbonyl (C=O) groups excluding carboxylic acids is 3. The summed E-state index contributed by atoms with van der Waals surface area (Å²) in [5, 5.41) is 15.4. The Morgan fingerprint density at radius 3 is 2.41 bits per heavy atom. The van der Waals surface area contributed by atoms with E-state index in [1.165, 1.54) is 0 Å². The van der Waals surface area contributed by atoms with Crippen molar-refractivity contribution in [2.75, 3.05) is 19.8 Å². The number of ether oxygens (including phenoxy) is 1. The summed E-state index contributed by atoms with van der Waals surface area (Å²) in [5.74, 6) is -1.54. The van der Waals surface area contributed by atoms with Gasteiger partial charge < -0.3 is 20.5 Å². The number of esters is 1. The Balaban J connectivity index is 1.55. The monoisotopic (exact) mass is 506 g/mol. The third-order valence-corrected chi connectivity index (χ3v) is 6.53. The van der Waals surface area contributed by atoms with Gasteiger partial charge in [-0.25, -0.2) is 0 Å². The normalized spacial score (nSPS) is 20.2. The molecule has 3 atom stereocenters. The van der Waals surface area contributed by atoms with Crippen molar-refractivity contribution in [2.45, 2.75) is 51.0 Å².